The Balaban J connectivity index is 2.06. The van der Waals surface area contributed by atoms with E-state index in [4.69, 9.17) is 15.7 Å². The van der Waals surface area contributed by atoms with Gasteiger partial charge in [0.05, 0.1) is 0 Å². The third-order valence-corrected chi connectivity index (χ3v) is 2.26. The highest BCUT2D eigenvalue weighted by Crippen LogP contribution is 2.11. The van der Waals surface area contributed by atoms with E-state index in [1.807, 2.05) is 0 Å². The third kappa shape index (κ3) is 4.16. The summed E-state index contributed by atoms with van der Waals surface area (Å²) in [4.78, 5) is 11.4. The van der Waals surface area contributed by atoms with Gasteiger partial charge in [-0.25, -0.2) is 0 Å². The maximum atomic E-state index is 11.4. The second-order valence-corrected chi connectivity index (χ2v) is 3.49. The second-order valence-electron chi connectivity index (χ2n) is 3.49. The van der Waals surface area contributed by atoms with Crippen LogP contribution in [0.5, 0.6) is 0 Å². The van der Waals surface area contributed by atoms with Crippen LogP contribution in [0.25, 0.3) is 0 Å². The first-order valence-corrected chi connectivity index (χ1v) is 5.09. The number of nitrogens with two attached hydrogens (primary N) is 1. The molecule has 0 bridgehead atoms. The van der Waals surface area contributed by atoms with Crippen molar-refractivity contribution in [2.75, 3.05) is 13.2 Å². The molecule has 1 aliphatic heterocycles. The zero-order valence-electron chi connectivity index (χ0n) is 8.61. The molecule has 0 spiro atoms. The molecule has 1 saturated heterocycles. The minimum absolute atomic E-state index is 0.0630. The summed E-state index contributed by atoms with van der Waals surface area (Å²) in [5.41, 5.74) is 5.27. The second kappa shape index (κ2) is 6.23. The van der Waals surface area contributed by atoms with Crippen molar-refractivity contribution in [2.24, 2.45) is 10.9 Å². The molecule has 1 atom stereocenters. The van der Waals surface area contributed by atoms with Gasteiger partial charge < -0.3 is 21.0 Å². The molecule has 4 N–H and O–H groups in total. The number of carbonyl (C=O) groups is 1. The third-order valence-electron chi connectivity index (χ3n) is 2.26. The minimum atomic E-state index is -0.283. The Labute approximate surface area is 88.5 Å². The van der Waals surface area contributed by atoms with Crippen molar-refractivity contribution in [1.29, 1.82) is 0 Å². The number of hydrogen-bond acceptors (Lipinski definition) is 4. The van der Waals surface area contributed by atoms with Crippen LogP contribution in [0.1, 0.15) is 25.7 Å². The van der Waals surface area contributed by atoms with Crippen molar-refractivity contribution < 1.29 is 14.7 Å². The lowest BCUT2D eigenvalue weighted by Gasteiger charge is -2.09. The Morgan fingerprint density at radius 1 is 1.67 bits per heavy atom. The maximum absolute atomic E-state index is 11.4. The van der Waals surface area contributed by atoms with Crippen LogP contribution in [-0.4, -0.2) is 36.2 Å². The number of hydrogen-bond donors (Lipinski definition) is 3. The average Bonchev–Trinajstić information content (AvgIpc) is 2.77. The van der Waals surface area contributed by atoms with Gasteiger partial charge >= 0.3 is 0 Å². The van der Waals surface area contributed by atoms with E-state index >= 15 is 0 Å². The number of nitrogens with one attached hydrogen (secondary N) is 1. The maximum Gasteiger partial charge on any atom is 0.249 e. The number of amides is 1. The van der Waals surface area contributed by atoms with Crippen molar-refractivity contribution in [1.82, 2.24) is 5.32 Å². The molecule has 0 radical (unpaired) electrons. The number of nitrogens with zero attached hydrogens (tertiary/aromatic N) is 1. The molecule has 15 heavy (non-hydrogen) atoms. The number of oxime groups is 1. The van der Waals surface area contributed by atoms with E-state index in [9.17, 15) is 4.79 Å². The predicted octanol–water partition coefficient (Wildman–Crippen LogP) is -0.192. The highest BCUT2D eigenvalue weighted by molar-refractivity contribution is 5.81. The van der Waals surface area contributed by atoms with Crippen LogP contribution < -0.4 is 11.1 Å². The molecule has 0 saturated carbocycles. The summed E-state index contributed by atoms with van der Waals surface area (Å²) in [6.45, 7) is 1.19. The van der Waals surface area contributed by atoms with Crippen LogP contribution in [0.15, 0.2) is 5.16 Å². The quantitative estimate of drug-likeness (QED) is 0.195. The monoisotopic (exact) mass is 215 g/mol. The topological polar surface area (TPSA) is 96.9 Å². The molecule has 1 fully saturated rings. The summed E-state index contributed by atoms with van der Waals surface area (Å²) < 4.78 is 5.21. The Bertz CT molecular complexity index is 237. The Morgan fingerprint density at radius 3 is 3.07 bits per heavy atom. The summed E-state index contributed by atoms with van der Waals surface area (Å²) in [5.74, 6) is 0.119. The first-order valence-electron chi connectivity index (χ1n) is 5.09. The highest BCUT2D eigenvalue weighted by atomic mass is 16.5. The van der Waals surface area contributed by atoms with Crippen molar-refractivity contribution in [3.63, 3.8) is 0 Å². The molecule has 0 aliphatic carbocycles. The highest BCUT2D eigenvalue weighted by Gasteiger charge is 2.22. The van der Waals surface area contributed by atoms with Gasteiger partial charge in [0.1, 0.15) is 11.9 Å². The summed E-state index contributed by atoms with van der Waals surface area (Å²) >= 11 is 0. The average molecular weight is 215 g/mol. The van der Waals surface area contributed by atoms with Gasteiger partial charge in [0.15, 0.2) is 0 Å². The summed E-state index contributed by atoms with van der Waals surface area (Å²) in [6, 6.07) is 0. The van der Waals surface area contributed by atoms with Gasteiger partial charge in [-0.3, -0.25) is 4.79 Å². The van der Waals surface area contributed by atoms with E-state index in [0.29, 0.717) is 26.0 Å². The predicted molar refractivity (Wildman–Crippen MR) is 54.6 cm³/mol. The van der Waals surface area contributed by atoms with Crippen LogP contribution in [0, 0.1) is 0 Å². The first kappa shape index (κ1) is 11.8. The number of amidine groups is 1. The first-order chi connectivity index (χ1) is 7.24. The fourth-order valence-corrected chi connectivity index (χ4v) is 1.43. The normalized spacial score (nSPS) is 21.6. The largest absolute Gasteiger partial charge is 0.409 e. The molecule has 0 aromatic carbocycles. The van der Waals surface area contributed by atoms with E-state index in [1.54, 1.807) is 0 Å². The summed E-state index contributed by atoms with van der Waals surface area (Å²) in [6.07, 6.45) is 2.60. The van der Waals surface area contributed by atoms with Gasteiger partial charge in [-0.1, -0.05) is 5.16 Å². The van der Waals surface area contributed by atoms with Crippen LogP contribution in [0.3, 0.4) is 0 Å². The lowest BCUT2D eigenvalue weighted by molar-refractivity contribution is -0.130. The molecular weight excluding hydrogens is 198 g/mol. The molecule has 0 aromatic heterocycles. The number of ether oxygens (including phenoxy) is 1. The molecule has 1 rings (SSSR count). The Kier molecular flexibility index (Phi) is 4.89. The number of carbonyl (C=O) groups excluding carboxylic acids is 1. The molecule has 1 aliphatic rings. The van der Waals surface area contributed by atoms with Crippen molar-refractivity contribution >= 4 is 11.7 Å². The standard InChI is InChI=1S/C9H17N3O3/c10-8(12-14)4-1-5-11-9(13)7-3-2-6-15-7/h7,14H,1-6H2,(H2,10,12)(H,11,13). The van der Waals surface area contributed by atoms with E-state index in [-0.39, 0.29) is 17.8 Å². The molecule has 1 unspecified atom stereocenters. The fraction of sp³-hybridized carbons (Fsp3) is 0.778. The fourth-order valence-electron chi connectivity index (χ4n) is 1.43. The summed E-state index contributed by atoms with van der Waals surface area (Å²) in [5, 5.41) is 13.9. The van der Waals surface area contributed by atoms with Crippen LogP contribution in [0.2, 0.25) is 0 Å². The smallest absolute Gasteiger partial charge is 0.249 e. The molecule has 1 heterocycles. The van der Waals surface area contributed by atoms with E-state index in [0.717, 1.165) is 12.8 Å². The van der Waals surface area contributed by atoms with Crippen LogP contribution in [-0.2, 0) is 9.53 Å². The van der Waals surface area contributed by atoms with Gasteiger partial charge in [-0.05, 0) is 19.3 Å². The van der Waals surface area contributed by atoms with Gasteiger partial charge in [-0.2, -0.15) is 0 Å². The summed E-state index contributed by atoms with van der Waals surface area (Å²) in [7, 11) is 0. The molecule has 1 amide bonds. The van der Waals surface area contributed by atoms with E-state index in [2.05, 4.69) is 10.5 Å². The molecule has 0 aromatic rings. The SMILES string of the molecule is NC(CCCNC(=O)C1CCCO1)=NO. The molecule has 6 heteroatoms. The van der Waals surface area contributed by atoms with Crippen molar-refractivity contribution in [3.05, 3.63) is 0 Å². The zero-order valence-corrected chi connectivity index (χ0v) is 8.61. The van der Waals surface area contributed by atoms with Crippen molar-refractivity contribution in [3.8, 4) is 0 Å². The lowest BCUT2D eigenvalue weighted by atomic mass is 10.2. The Morgan fingerprint density at radius 2 is 2.47 bits per heavy atom. The molecule has 86 valence electrons. The minimum Gasteiger partial charge on any atom is -0.409 e. The molecule has 6 nitrogen and oxygen atoms in total. The van der Waals surface area contributed by atoms with Gasteiger partial charge in [-0.15, -0.1) is 0 Å². The van der Waals surface area contributed by atoms with Crippen LogP contribution in [0.4, 0.5) is 0 Å². The van der Waals surface area contributed by atoms with Gasteiger partial charge in [0.2, 0.25) is 5.91 Å². The molecular formula is C9H17N3O3. The van der Waals surface area contributed by atoms with E-state index < -0.39 is 0 Å². The van der Waals surface area contributed by atoms with Crippen molar-refractivity contribution in [2.45, 2.75) is 31.8 Å². The van der Waals surface area contributed by atoms with Gasteiger partial charge in [0.25, 0.3) is 0 Å². The van der Waals surface area contributed by atoms with E-state index in [1.165, 1.54) is 0 Å². The zero-order chi connectivity index (χ0) is 11.1. The van der Waals surface area contributed by atoms with Crippen LogP contribution >= 0.6 is 0 Å². The number of rotatable bonds is 5. The Hall–Kier alpha value is -1.30. The van der Waals surface area contributed by atoms with Gasteiger partial charge in [0, 0.05) is 19.6 Å². The lowest BCUT2D eigenvalue weighted by Crippen LogP contribution is -2.35.